The number of hydrogen-bond donors (Lipinski definition) is 1. The summed E-state index contributed by atoms with van der Waals surface area (Å²) in [5.41, 5.74) is 0.894. The van der Waals surface area contributed by atoms with E-state index >= 15 is 0 Å². The average Bonchev–Trinajstić information content (AvgIpc) is 2.37. The van der Waals surface area contributed by atoms with Crippen LogP contribution in [0.1, 0.15) is 45.6 Å². The summed E-state index contributed by atoms with van der Waals surface area (Å²) < 4.78 is 6.32. The number of anilines is 1. The zero-order valence-electron chi connectivity index (χ0n) is 12.9. The summed E-state index contributed by atoms with van der Waals surface area (Å²) in [6, 6.07) is 0. The molecule has 0 spiro atoms. The lowest BCUT2D eigenvalue weighted by atomic mass is 10.3. The van der Waals surface area contributed by atoms with Gasteiger partial charge in [-0.2, -0.15) is 0 Å². The van der Waals surface area contributed by atoms with Gasteiger partial charge in [-0.3, -0.25) is 0 Å². The molecule has 4 nitrogen and oxygen atoms in total. The Morgan fingerprint density at radius 3 is 2.55 bits per heavy atom. The van der Waals surface area contributed by atoms with Crippen molar-refractivity contribution in [3.63, 3.8) is 0 Å². The van der Waals surface area contributed by atoms with Gasteiger partial charge in [0.25, 0.3) is 0 Å². The molecular formula is C14H24BrN3OS. The minimum absolute atomic E-state index is 0.203. The molecule has 6 heteroatoms. The molecule has 1 aromatic heterocycles. The maximum Gasteiger partial charge on any atom is 0.144 e. The summed E-state index contributed by atoms with van der Waals surface area (Å²) in [4.78, 5) is 9.20. The average molecular weight is 362 g/mol. The number of methoxy groups -OCH3 is 1. The fourth-order valence-electron chi connectivity index (χ4n) is 1.48. The van der Waals surface area contributed by atoms with Gasteiger partial charge in [0.1, 0.15) is 11.6 Å². The predicted molar refractivity (Wildman–Crippen MR) is 90.3 cm³/mol. The molecular weight excluding hydrogens is 338 g/mol. The highest BCUT2D eigenvalue weighted by molar-refractivity contribution is 9.10. The number of aromatic nitrogens is 2. The van der Waals surface area contributed by atoms with Crippen LogP contribution in [0.2, 0.25) is 0 Å². The zero-order valence-corrected chi connectivity index (χ0v) is 15.3. The minimum atomic E-state index is 0.203. The van der Waals surface area contributed by atoms with Crippen LogP contribution in [0.25, 0.3) is 0 Å². The molecule has 1 N–H and O–H groups in total. The normalized spacial score (nSPS) is 11.7. The smallest absolute Gasteiger partial charge is 0.144 e. The first kappa shape index (κ1) is 17.7. The maximum absolute atomic E-state index is 5.21. The molecule has 20 heavy (non-hydrogen) atoms. The molecule has 0 bridgehead atoms. The second-order valence-corrected chi connectivity index (χ2v) is 8.11. The molecule has 0 unspecified atom stereocenters. The molecule has 0 aliphatic heterocycles. The Labute approximate surface area is 134 Å². The van der Waals surface area contributed by atoms with Gasteiger partial charge in [-0.15, -0.1) is 11.8 Å². The van der Waals surface area contributed by atoms with E-state index in [1.165, 1.54) is 0 Å². The van der Waals surface area contributed by atoms with E-state index in [4.69, 9.17) is 4.74 Å². The van der Waals surface area contributed by atoms with Crippen molar-refractivity contribution in [1.82, 2.24) is 9.97 Å². The van der Waals surface area contributed by atoms with Crippen molar-refractivity contribution in [2.75, 3.05) is 19.0 Å². The quantitative estimate of drug-likeness (QED) is 0.786. The van der Waals surface area contributed by atoms with Crippen LogP contribution in [-0.2, 0) is 17.1 Å². The van der Waals surface area contributed by atoms with E-state index in [-0.39, 0.29) is 4.75 Å². The Morgan fingerprint density at radius 2 is 2.00 bits per heavy atom. The van der Waals surface area contributed by atoms with Crippen molar-refractivity contribution in [1.29, 1.82) is 0 Å². The molecule has 1 aromatic rings. The molecule has 0 saturated carbocycles. The number of ether oxygens (including phenoxy) is 1. The number of hydrogen-bond acceptors (Lipinski definition) is 5. The van der Waals surface area contributed by atoms with Crippen LogP contribution in [0.5, 0.6) is 0 Å². The first-order chi connectivity index (χ1) is 9.37. The summed E-state index contributed by atoms with van der Waals surface area (Å²) >= 11 is 5.41. The van der Waals surface area contributed by atoms with Crippen molar-refractivity contribution in [3.05, 3.63) is 16.0 Å². The zero-order chi connectivity index (χ0) is 15.2. The van der Waals surface area contributed by atoms with Crippen molar-refractivity contribution >= 4 is 33.5 Å². The van der Waals surface area contributed by atoms with E-state index in [0.717, 1.165) is 40.5 Å². The summed E-state index contributed by atoms with van der Waals surface area (Å²) in [6.07, 6.45) is 1.06. The molecule has 0 aliphatic carbocycles. The highest BCUT2D eigenvalue weighted by atomic mass is 79.9. The summed E-state index contributed by atoms with van der Waals surface area (Å²) in [5.74, 6) is 2.51. The standard InChI is InChI=1S/C14H24BrN3OS/c1-6-7-16-13-12(15)10(8-19-5)17-11(18-13)9-20-14(2,3)4/h6-9H2,1-5H3,(H,16,17,18). The third-order valence-electron chi connectivity index (χ3n) is 2.42. The molecule has 0 aliphatic rings. The predicted octanol–water partition coefficient (Wildman–Crippen LogP) is 4.24. The SMILES string of the molecule is CCCNc1nc(CSC(C)(C)C)nc(COC)c1Br. The third kappa shape index (κ3) is 5.97. The lowest BCUT2D eigenvalue weighted by Gasteiger charge is -2.18. The molecule has 1 heterocycles. The van der Waals surface area contributed by atoms with Gasteiger partial charge < -0.3 is 10.1 Å². The number of nitrogens with one attached hydrogen (secondary N) is 1. The van der Waals surface area contributed by atoms with Crippen molar-refractivity contribution < 1.29 is 4.74 Å². The number of thioether (sulfide) groups is 1. The first-order valence-electron chi connectivity index (χ1n) is 6.79. The van der Waals surface area contributed by atoms with Gasteiger partial charge in [0.05, 0.1) is 22.5 Å². The van der Waals surface area contributed by atoms with Crippen LogP contribution in [0.4, 0.5) is 5.82 Å². The summed E-state index contributed by atoms with van der Waals surface area (Å²) in [6.45, 7) is 10.1. The van der Waals surface area contributed by atoms with Gasteiger partial charge in [-0.25, -0.2) is 9.97 Å². The lowest BCUT2D eigenvalue weighted by molar-refractivity contribution is 0.180. The summed E-state index contributed by atoms with van der Waals surface area (Å²) in [7, 11) is 1.68. The van der Waals surface area contributed by atoms with Crippen molar-refractivity contribution in [2.45, 2.75) is 51.2 Å². The van der Waals surface area contributed by atoms with Gasteiger partial charge in [-0.1, -0.05) is 27.7 Å². The Hall–Kier alpha value is -0.330. The molecule has 0 saturated heterocycles. The van der Waals surface area contributed by atoms with Crippen LogP contribution < -0.4 is 5.32 Å². The molecule has 114 valence electrons. The van der Waals surface area contributed by atoms with Crippen molar-refractivity contribution in [2.24, 2.45) is 0 Å². The van der Waals surface area contributed by atoms with Crippen LogP contribution in [0.3, 0.4) is 0 Å². The molecule has 0 atom stereocenters. The number of halogens is 1. The van der Waals surface area contributed by atoms with E-state index in [1.807, 2.05) is 11.8 Å². The molecule has 0 aromatic carbocycles. The third-order valence-corrected chi connectivity index (χ3v) is 4.53. The number of nitrogens with zero attached hydrogens (tertiary/aromatic N) is 2. The highest BCUT2D eigenvalue weighted by Gasteiger charge is 2.15. The van der Waals surface area contributed by atoms with Gasteiger partial charge in [-0.05, 0) is 22.4 Å². The summed E-state index contributed by atoms with van der Waals surface area (Å²) in [5, 5.41) is 3.34. The van der Waals surface area contributed by atoms with E-state index < -0.39 is 0 Å². The van der Waals surface area contributed by atoms with E-state index in [2.05, 4.69) is 58.9 Å². The van der Waals surface area contributed by atoms with E-state index in [1.54, 1.807) is 7.11 Å². The lowest BCUT2D eigenvalue weighted by Crippen LogP contribution is -2.12. The topological polar surface area (TPSA) is 47.0 Å². The van der Waals surface area contributed by atoms with Crippen molar-refractivity contribution in [3.8, 4) is 0 Å². The first-order valence-corrected chi connectivity index (χ1v) is 8.57. The Morgan fingerprint density at radius 1 is 1.30 bits per heavy atom. The van der Waals surface area contributed by atoms with Crippen LogP contribution in [0, 0.1) is 0 Å². The second-order valence-electron chi connectivity index (χ2n) is 5.51. The Kier molecular flexibility index (Phi) is 7.26. The second kappa shape index (κ2) is 8.20. The molecule has 0 amide bonds. The van der Waals surface area contributed by atoms with E-state index in [0.29, 0.717) is 6.61 Å². The van der Waals surface area contributed by atoms with Gasteiger partial charge in [0, 0.05) is 18.4 Å². The largest absolute Gasteiger partial charge is 0.378 e. The Balaban J connectivity index is 2.95. The maximum atomic E-state index is 5.21. The highest BCUT2D eigenvalue weighted by Crippen LogP contribution is 2.29. The van der Waals surface area contributed by atoms with Crippen LogP contribution in [-0.4, -0.2) is 28.4 Å². The monoisotopic (exact) mass is 361 g/mol. The van der Waals surface area contributed by atoms with E-state index in [9.17, 15) is 0 Å². The molecule has 1 rings (SSSR count). The number of rotatable bonds is 7. The van der Waals surface area contributed by atoms with Gasteiger partial charge in [0.2, 0.25) is 0 Å². The van der Waals surface area contributed by atoms with Crippen LogP contribution >= 0.6 is 27.7 Å². The fraction of sp³-hybridized carbons (Fsp3) is 0.714. The van der Waals surface area contributed by atoms with Gasteiger partial charge >= 0.3 is 0 Å². The van der Waals surface area contributed by atoms with Gasteiger partial charge in [0.15, 0.2) is 0 Å². The molecule has 0 fully saturated rings. The molecule has 0 radical (unpaired) electrons. The minimum Gasteiger partial charge on any atom is -0.378 e. The van der Waals surface area contributed by atoms with Crippen LogP contribution in [0.15, 0.2) is 4.47 Å². The fourth-order valence-corrected chi connectivity index (χ4v) is 2.61. The Bertz CT molecular complexity index is 435.